The quantitative estimate of drug-likeness (QED) is 0.596. The number of rotatable bonds is 8. The third-order valence-corrected chi connectivity index (χ3v) is 4.49. The Morgan fingerprint density at radius 3 is 2.67 bits per heavy atom. The molecular weight excluding hydrogens is 408 g/mol. The predicted molar refractivity (Wildman–Crippen MR) is 98.9 cm³/mol. The summed E-state index contributed by atoms with van der Waals surface area (Å²) >= 11 is 0. The van der Waals surface area contributed by atoms with Crippen molar-refractivity contribution in [1.29, 1.82) is 0 Å². The van der Waals surface area contributed by atoms with Gasteiger partial charge >= 0.3 is 12.5 Å². The molecular formula is C20H20F4N2O4. The first kappa shape index (κ1) is 21.9. The van der Waals surface area contributed by atoms with E-state index in [0.717, 1.165) is 12.1 Å². The molecule has 0 radical (unpaired) electrons. The van der Waals surface area contributed by atoms with Crippen molar-refractivity contribution in [2.75, 3.05) is 26.3 Å². The minimum Gasteiger partial charge on any atom is -0.428 e. The van der Waals surface area contributed by atoms with Gasteiger partial charge in [-0.2, -0.15) is 17.6 Å². The second kappa shape index (κ2) is 9.38. The molecule has 0 unspecified atom stereocenters. The topological polar surface area (TPSA) is 68.2 Å². The van der Waals surface area contributed by atoms with E-state index in [4.69, 9.17) is 4.74 Å². The lowest BCUT2D eigenvalue weighted by molar-refractivity contribution is -0.253. The van der Waals surface area contributed by atoms with Crippen LogP contribution in [0.5, 0.6) is 5.75 Å². The average Bonchev–Trinajstić information content (AvgIpc) is 2.68. The molecule has 2 aliphatic heterocycles. The van der Waals surface area contributed by atoms with Crippen molar-refractivity contribution < 1.29 is 36.6 Å². The number of ether oxygens (including phenoxy) is 2. The van der Waals surface area contributed by atoms with Gasteiger partial charge in [0.25, 0.3) is 0 Å². The molecule has 2 aliphatic rings. The molecule has 0 aromatic heterocycles. The average molecular weight is 428 g/mol. The lowest BCUT2D eigenvalue weighted by Gasteiger charge is -2.30. The van der Waals surface area contributed by atoms with Gasteiger partial charge in [0.2, 0.25) is 0 Å². The predicted octanol–water partition coefficient (Wildman–Crippen LogP) is 3.01. The minimum absolute atomic E-state index is 0.0311. The number of morpholine rings is 1. The molecule has 30 heavy (non-hydrogen) atoms. The molecule has 1 fully saturated rings. The molecule has 0 bridgehead atoms. The van der Waals surface area contributed by atoms with Gasteiger partial charge in [-0.15, -0.1) is 0 Å². The number of allylic oxidation sites excluding steroid dienone is 1. The Bertz CT molecular complexity index is 864. The zero-order valence-corrected chi connectivity index (χ0v) is 16.0. The largest absolute Gasteiger partial charge is 0.461 e. The van der Waals surface area contributed by atoms with Crippen LogP contribution in [0.2, 0.25) is 0 Å². The Morgan fingerprint density at radius 2 is 1.97 bits per heavy atom. The van der Waals surface area contributed by atoms with Crippen LogP contribution in [0.1, 0.15) is 18.4 Å². The Morgan fingerprint density at radius 1 is 1.23 bits per heavy atom. The van der Waals surface area contributed by atoms with E-state index < -0.39 is 18.3 Å². The van der Waals surface area contributed by atoms with Gasteiger partial charge in [0.15, 0.2) is 5.78 Å². The van der Waals surface area contributed by atoms with Gasteiger partial charge in [-0.3, -0.25) is 9.59 Å². The molecule has 1 aromatic rings. The van der Waals surface area contributed by atoms with Crippen molar-refractivity contribution >= 4 is 17.3 Å². The molecule has 1 aromatic carbocycles. The van der Waals surface area contributed by atoms with E-state index in [1.807, 2.05) is 4.90 Å². The molecule has 0 saturated carbocycles. The molecule has 0 N–H and O–H groups in total. The summed E-state index contributed by atoms with van der Waals surface area (Å²) in [6.45, 7) is 2.25. The van der Waals surface area contributed by atoms with Crippen molar-refractivity contribution in [2.45, 2.75) is 31.8 Å². The van der Waals surface area contributed by atoms with E-state index in [-0.39, 0.29) is 30.8 Å². The minimum atomic E-state index is -4.62. The molecule has 0 spiro atoms. The molecule has 0 atom stereocenters. The van der Waals surface area contributed by atoms with Gasteiger partial charge in [-0.25, -0.2) is 4.99 Å². The lowest BCUT2D eigenvalue weighted by Crippen LogP contribution is -2.36. The van der Waals surface area contributed by atoms with Crippen LogP contribution >= 0.6 is 0 Å². The summed E-state index contributed by atoms with van der Waals surface area (Å²) in [6, 6.07) is 5.05. The first-order chi connectivity index (χ1) is 14.2. The number of carbonyl (C=O) groups excluding carboxylic acids is 2. The van der Waals surface area contributed by atoms with Crippen LogP contribution in [0.25, 0.3) is 0 Å². The Hall–Kier alpha value is -2.75. The van der Waals surface area contributed by atoms with Crippen molar-refractivity contribution in [3.8, 4) is 5.75 Å². The van der Waals surface area contributed by atoms with E-state index in [2.05, 4.69) is 9.73 Å². The normalized spacial score (nSPS) is 17.6. The monoisotopic (exact) mass is 428 g/mol. The Balaban J connectivity index is 1.62. The van der Waals surface area contributed by atoms with Crippen molar-refractivity contribution in [3.63, 3.8) is 0 Å². The number of aliphatic imine (C=N–C) groups is 1. The third kappa shape index (κ3) is 5.88. The van der Waals surface area contributed by atoms with E-state index in [0.29, 0.717) is 43.4 Å². The molecule has 6 nitrogen and oxygen atoms in total. The van der Waals surface area contributed by atoms with E-state index >= 15 is 0 Å². The van der Waals surface area contributed by atoms with E-state index in [1.54, 1.807) is 0 Å². The van der Waals surface area contributed by atoms with Gasteiger partial charge < -0.3 is 14.4 Å². The number of nitrogens with zero attached hydrogens (tertiary/aromatic N) is 2. The van der Waals surface area contributed by atoms with Gasteiger partial charge in [0.1, 0.15) is 17.4 Å². The van der Waals surface area contributed by atoms with Crippen LogP contribution < -0.4 is 4.74 Å². The fourth-order valence-electron chi connectivity index (χ4n) is 3.12. The first-order valence-corrected chi connectivity index (χ1v) is 9.32. The second-order valence-corrected chi connectivity index (χ2v) is 6.93. The molecule has 10 heteroatoms. The molecule has 2 heterocycles. The van der Waals surface area contributed by atoms with Crippen LogP contribution in [0.3, 0.4) is 0 Å². The summed E-state index contributed by atoms with van der Waals surface area (Å²) in [5.74, 6) is -0.406. The number of halogens is 4. The van der Waals surface area contributed by atoms with Crippen molar-refractivity contribution in [3.05, 3.63) is 41.7 Å². The molecule has 162 valence electrons. The third-order valence-electron chi connectivity index (χ3n) is 4.49. The Labute approximate surface area is 170 Å². The zero-order chi connectivity index (χ0) is 21.7. The highest BCUT2D eigenvalue weighted by molar-refractivity contribution is 6.14. The maximum absolute atomic E-state index is 13.1. The molecule has 1 saturated heterocycles. The second-order valence-electron chi connectivity index (χ2n) is 6.93. The highest BCUT2D eigenvalue weighted by Crippen LogP contribution is 2.28. The fourth-order valence-corrected chi connectivity index (χ4v) is 3.12. The number of hydrogen-bond acceptors (Lipinski definition) is 6. The Kier molecular flexibility index (Phi) is 6.86. The summed E-state index contributed by atoms with van der Waals surface area (Å²) < 4.78 is 60.0. The highest BCUT2D eigenvalue weighted by atomic mass is 19.3. The van der Waals surface area contributed by atoms with Crippen LogP contribution in [-0.2, 0) is 20.7 Å². The fraction of sp³-hybridized carbons (Fsp3) is 0.450. The maximum atomic E-state index is 13.1. The van der Waals surface area contributed by atoms with Crippen LogP contribution in [0.4, 0.5) is 17.6 Å². The van der Waals surface area contributed by atoms with Gasteiger partial charge in [-0.1, -0.05) is 12.1 Å². The smallest absolute Gasteiger partial charge is 0.428 e. The molecule has 0 aliphatic carbocycles. The van der Waals surface area contributed by atoms with Crippen LogP contribution in [-0.4, -0.2) is 61.0 Å². The number of carbonyl (C=O) groups is 2. The van der Waals surface area contributed by atoms with E-state index in [9.17, 15) is 27.2 Å². The van der Waals surface area contributed by atoms with Crippen molar-refractivity contribution in [2.24, 2.45) is 4.99 Å². The summed E-state index contributed by atoms with van der Waals surface area (Å²) in [7, 11) is 0. The number of Topliss-reactive ketones (excluding diaryl/α,β-unsaturated/α-hetero) is 1. The molecule has 0 amide bonds. The number of benzene rings is 1. The standard InChI is InChI=1S/C20H20F4N2O4/c21-19(22)20(23,24)30-17-3-1-2-13(9-17)8-15(27)10-14-11-16(28)12-18(25-14)26-4-6-29-7-5-26/h1-3,9,12,19H,4-8,10-11H2. The first-order valence-electron chi connectivity index (χ1n) is 9.32. The maximum Gasteiger partial charge on any atom is 0.461 e. The molecule has 3 rings (SSSR count). The van der Waals surface area contributed by atoms with Gasteiger partial charge in [-0.05, 0) is 17.7 Å². The number of alkyl halides is 4. The lowest BCUT2D eigenvalue weighted by atomic mass is 10.0. The highest BCUT2D eigenvalue weighted by Gasteiger charge is 2.44. The van der Waals surface area contributed by atoms with Gasteiger partial charge in [0.05, 0.1) is 13.2 Å². The van der Waals surface area contributed by atoms with Gasteiger partial charge in [0, 0.05) is 44.1 Å². The van der Waals surface area contributed by atoms with E-state index in [1.165, 1.54) is 18.2 Å². The summed E-state index contributed by atoms with van der Waals surface area (Å²) in [6.07, 6.45) is -7.33. The van der Waals surface area contributed by atoms with Crippen molar-refractivity contribution in [1.82, 2.24) is 4.90 Å². The SMILES string of the molecule is O=C1C=C(N2CCOCC2)N=C(CC(=O)Cc2cccc(OC(F)(F)C(F)F)c2)C1. The summed E-state index contributed by atoms with van der Waals surface area (Å²) in [4.78, 5) is 30.8. The number of hydrogen-bond donors (Lipinski definition) is 0. The van der Waals surface area contributed by atoms with Crippen LogP contribution in [0, 0.1) is 0 Å². The van der Waals surface area contributed by atoms with Crippen LogP contribution in [0.15, 0.2) is 41.2 Å². The number of ketones is 2. The summed E-state index contributed by atoms with van der Waals surface area (Å²) in [5.41, 5.74) is 0.750. The zero-order valence-electron chi connectivity index (χ0n) is 16.0. The summed E-state index contributed by atoms with van der Waals surface area (Å²) in [5, 5.41) is 0.